The summed E-state index contributed by atoms with van der Waals surface area (Å²) in [5, 5.41) is 7.11. The molecule has 0 aromatic heterocycles. The Hall–Kier alpha value is -1.92. The van der Waals surface area contributed by atoms with Crippen molar-refractivity contribution < 1.29 is 9.13 Å². The van der Waals surface area contributed by atoms with Crippen molar-refractivity contribution in [1.29, 1.82) is 0 Å². The third-order valence-corrected chi connectivity index (χ3v) is 6.95. The Morgan fingerprint density at radius 3 is 2.66 bits per heavy atom. The van der Waals surface area contributed by atoms with E-state index in [0.29, 0.717) is 18.0 Å². The van der Waals surface area contributed by atoms with Gasteiger partial charge in [-0.1, -0.05) is 34.1 Å². The number of piperidine rings is 1. The fraction of sp³-hybridized carbons (Fsp3) is 0.435. The summed E-state index contributed by atoms with van der Waals surface area (Å²) in [6.45, 7) is 6.41. The molecule has 0 saturated carbocycles. The van der Waals surface area contributed by atoms with Gasteiger partial charge in [0.2, 0.25) is 5.72 Å². The summed E-state index contributed by atoms with van der Waals surface area (Å²) in [7, 11) is 0. The largest absolute Gasteiger partial charge is 0.466 e. The van der Waals surface area contributed by atoms with E-state index in [1.54, 1.807) is 6.07 Å². The molecule has 4 nitrogen and oxygen atoms in total. The standard InChI is InChI=1S/C23H25BrFN3O/c1-15(2)27-11-9-23(10-12-27)28-21(18-13-16(24)7-8-22(18)29-23)14-20(26-28)17-5-3-4-6-19(17)25/h3-8,13,15,21H,9-12,14H2,1-2H3/t21-/m1/s1. The quantitative estimate of drug-likeness (QED) is 0.609. The third-order valence-electron chi connectivity index (χ3n) is 6.45. The number of likely N-dealkylation sites (tertiary alicyclic amines) is 1. The highest BCUT2D eigenvalue weighted by molar-refractivity contribution is 9.10. The minimum atomic E-state index is -0.468. The first kappa shape index (κ1) is 19.1. The van der Waals surface area contributed by atoms with Crippen LogP contribution in [-0.4, -0.2) is 40.5 Å². The molecule has 3 aliphatic heterocycles. The van der Waals surface area contributed by atoms with Crippen LogP contribution in [0.3, 0.4) is 0 Å². The monoisotopic (exact) mass is 457 g/mol. The fourth-order valence-corrected chi connectivity index (χ4v) is 5.21. The number of hydrogen-bond acceptors (Lipinski definition) is 4. The lowest BCUT2D eigenvalue weighted by atomic mass is 9.90. The van der Waals surface area contributed by atoms with E-state index in [0.717, 1.165) is 47.4 Å². The van der Waals surface area contributed by atoms with E-state index in [9.17, 15) is 4.39 Å². The highest BCUT2D eigenvalue weighted by Gasteiger charge is 2.52. The van der Waals surface area contributed by atoms with Gasteiger partial charge in [-0.15, -0.1) is 0 Å². The van der Waals surface area contributed by atoms with Crippen LogP contribution in [-0.2, 0) is 0 Å². The van der Waals surface area contributed by atoms with Gasteiger partial charge in [-0.2, -0.15) is 5.10 Å². The van der Waals surface area contributed by atoms with Gasteiger partial charge in [-0.05, 0) is 38.1 Å². The lowest BCUT2D eigenvalue weighted by molar-refractivity contribution is -0.152. The molecule has 6 heteroatoms. The van der Waals surface area contributed by atoms with Gasteiger partial charge in [0.05, 0.1) is 11.8 Å². The van der Waals surface area contributed by atoms with Crippen molar-refractivity contribution in [1.82, 2.24) is 9.91 Å². The molecule has 1 spiro atoms. The predicted octanol–water partition coefficient (Wildman–Crippen LogP) is 5.33. The minimum Gasteiger partial charge on any atom is -0.466 e. The van der Waals surface area contributed by atoms with Crippen molar-refractivity contribution in [2.24, 2.45) is 5.10 Å². The second kappa shape index (κ2) is 7.10. The van der Waals surface area contributed by atoms with Crippen LogP contribution >= 0.6 is 15.9 Å². The molecule has 152 valence electrons. The number of rotatable bonds is 2. The van der Waals surface area contributed by atoms with Crippen LogP contribution in [0.25, 0.3) is 0 Å². The molecule has 0 bridgehead atoms. The van der Waals surface area contributed by atoms with Crippen molar-refractivity contribution in [3.8, 4) is 5.75 Å². The molecule has 2 aromatic rings. The topological polar surface area (TPSA) is 28.1 Å². The van der Waals surface area contributed by atoms with Crippen molar-refractivity contribution in [2.75, 3.05) is 13.1 Å². The van der Waals surface area contributed by atoms with Crippen LogP contribution < -0.4 is 4.74 Å². The molecule has 0 aliphatic carbocycles. The molecule has 29 heavy (non-hydrogen) atoms. The van der Waals surface area contributed by atoms with Gasteiger partial charge < -0.3 is 9.64 Å². The average molecular weight is 458 g/mol. The maximum atomic E-state index is 14.5. The highest BCUT2D eigenvalue weighted by Crippen LogP contribution is 2.50. The van der Waals surface area contributed by atoms with E-state index >= 15 is 0 Å². The minimum absolute atomic E-state index is 0.0662. The highest BCUT2D eigenvalue weighted by atomic mass is 79.9. The zero-order valence-electron chi connectivity index (χ0n) is 16.7. The Balaban J connectivity index is 1.56. The Morgan fingerprint density at radius 1 is 1.17 bits per heavy atom. The zero-order chi connectivity index (χ0) is 20.2. The molecule has 1 atom stereocenters. The van der Waals surface area contributed by atoms with Crippen LogP contribution in [0.1, 0.15) is 50.3 Å². The van der Waals surface area contributed by atoms with E-state index in [4.69, 9.17) is 9.84 Å². The Kier molecular flexibility index (Phi) is 4.67. The normalized spacial score (nSPS) is 23.0. The average Bonchev–Trinajstić information content (AvgIpc) is 3.16. The van der Waals surface area contributed by atoms with Crippen molar-refractivity contribution in [2.45, 2.75) is 50.9 Å². The van der Waals surface area contributed by atoms with E-state index in [1.165, 1.54) is 6.07 Å². The van der Waals surface area contributed by atoms with Crippen LogP contribution in [0.4, 0.5) is 4.39 Å². The number of hydrazone groups is 1. The smallest absolute Gasteiger partial charge is 0.200 e. The predicted molar refractivity (Wildman–Crippen MR) is 116 cm³/mol. The number of ether oxygens (including phenoxy) is 1. The van der Waals surface area contributed by atoms with Crippen molar-refractivity contribution in [3.63, 3.8) is 0 Å². The second-order valence-electron chi connectivity index (χ2n) is 8.45. The summed E-state index contributed by atoms with van der Waals surface area (Å²) in [4.78, 5) is 2.48. The summed E-state index contributed by atoms with van der Waals surface area (Å²) in [6.07, 6.45) is 2.44. The Morgan fingerprint density at radius 2 is 1.93 bits per heavy atom. The Labute approximate surface area is 179 Å². The van der Waals surface area contributed by atoms with E-state index in [1.807, 2.05) is 18.2 Å². The molecule has 0 amide bonds. The van der Waals surface area contributed by atoms with Gasteiger partial charge >= 0.3 is 0 Å². The number of benzene rings is 2. The van der Waals surface area contributed by atoms with Gasteiger partial charge in [-0.3, -0.25) is 0 Å². The fourth-order valence-electron chi connectivity index (χ4n) is 4.83. The van der Waals surface area contributed by atoms with Crippen LogP contribution in [0.15, 0.2) is 52.0 Å². The lowest BCUT2D eigenvalue weighted by Gasteiger charge is -2.51. The van der Waals surface area contributed by atoms with Gasteiger partial charge in [0.1, 0.15) is 11.6 Å². The molecule has 3 aliphatic rings. The van der Waals surface area contributed by atoms with E-state index in [2.05, 4.69) is 51.8 Å². The molecule has 1 saturated heterocycles. The van der Waals surface area contributed by atoms with E-state index < -0.39 is 5.72 Å². The summed E-state index contributed by atoms with van der Waals surface area (Å²) < 4.78 is 22.2. The lowest BCUT2D eigenvalue weighted by Crippen LogP contribution is -2.59. The molecule has 1 fully saturated rings. The molecular weight excluding hydrogens is 433 g/mol. The zero-order valence-corrected chi connectivity index (χ0v) is 18.3. The van der Waals surface area contributed by atoms with Crippen LogP contribution in [0, 0.1) is 5.82 Å². The van der Waals surface area contributed by atoms with Gasteiger partial charge in [0.25, 0.3) is 0 Å². The first-order valence-electron chi connectivity index (χ1n) is 10.3. The third kappa shape index (κ3) is 3.17. The van der Waals surface area contributed by atoms with Gasteiger partial charge in [0, 0.05) is 54.0 Å². The van der Waals surface area contributed by atoms with Crippen LogP contribution in [0.5, 0.6) is 5.75 Å². The van der Waals surface area contributed by atoms with Crippen molar-refractivity contribution in [3.05, 3.63) is 63.9 Å². The first-order valence-corrected chi connectivity index (χ1v) is 11.1. The number of hydrogen-bond donors (Lipinski definition) is 0. The molecule has 2 aromatic carbocycles. The van der Waals surface area contributed by atoms with Crippen LogP contribution in [0.2, 0.25) is 0 Å². The summed E-state index contributed by atoms with van der Waals surface area (Å²) in [6, 6.07) is 13.7. The summed E-state index contributed by atoms with van der Waals surface area (Å²) >= 11 is 3.59. The molecule has 5 rings (SSSR count). The number of halogens is 2. The molecule has 0 N–H and O–H groups in total. The molecular formula is C23H25BrFN3O. The number of nitrogens with zero attached hydrogens (tertiary/aromatic N) is 3. The molecule has 0 radical (unpaired) electrons. The summed E-state index contributed by atoms with van der Waals surface area (Å²) in [5.41, 5.74) is 2.04. The molecule has 0 unspecified atom stereocenters. The van der Waals surface area contributed by atoms with Gasteiger partial charge in [-0.25, -0.2) is 9.40 Å². The second-order valence-corrected chi connectivity index (χ2v) is 9.37. The summed E-state index contributed by atoms with van der Waals surface area (Å²) in [5.74, 6) is 0.711. The first-order chi connectivity index (χ1) is 14.0. The van der Waals surface area contributed by atoms with Gasteiger partial charge in [0.15, 0.2) is 0 Å². The van der Waals surface area contributed by atoms with E-state index in [-0.39, 0.29) is 11.9 Å². The number of fused-ring (bicyclic) bond motifs is 4. The maximum absolute atomic E-state index is 14.5. The molecule has 3 heterocycles. The van der Waals surface area contributed by atoms with Crippen molar-refractivity contribution >= 4 is 21.6 Å². The Bertz CT molecular complexity index is 968. The maximum Gasteiger partial charge on any atom is 0.200 e. The SMILES string of the molecule is CC(C)N1CCC2(CC1)Oc1ccc(Br)cc1[C@H]1CC(c3ccccc3F)=NN12.